The monoisotopic (exact) mass is 363 g/mol. The van der Waals surface area contributed by atoms with Crippen LogP contribution in [0.4, 0.5) is 4.39 Å². The van der Waals surface area contributed by atoms with Gasteiger partial charge in [-0.2, -0.15) is 5.21 Å². The summed E-state index contributed by atoms with van der Waals surface area (Å²) in [5, 5.41) is 23.6. The standard InChI is InChI=1S/C18H26FN5O2/c1-11(2)7-15(18(25)26)14(17-20-22-23-21-17)8-12-5-6-13(10-24(3)4)16(19)9-12/h5-6,9,11,14-15H,7-8,10H2,1-4H3,(H,25,26)(H,20,21,22,23)/t14-,15-/m0/s1. The quantitative estimate of drug-likeness (QED) is 0.711. The van der Waals surface area contributed by atoms with Gasteiger partial charge >= 0.3 is 5.97 Å². The van der Waals surface area contributed by atoms with Crippen molar-refractivity contribution in [3.63, 3.8) is 0 Å². The van der Waals surface area contributed by atoms with E-state index in [4.69, 9.17) is 0 Å². The lowest BCUT2D eigenvalue weighted by molar-refractivity contribution is -0.143. The molecule has 0 aliphatic heterocycles. The molecule has 7 nitrogen and oxygen atoms in total. The second kappa shape index (κ2) is 8.84. The normalized spacial score (nSPS) is 14.0. The van der Waals surface area contributed by atoms with Gasteiger partial charge in [-0.05, 0) is 44.5 Å². The van der Waals surface area contributed by atoms with E-state index < -0.39 is 17.8 Å². The van der Waals surface area contributed by atoms with Crippen LogP contribution in [0.1, 0.15) is 43.1 Å². The highest BCUT2D eigenvalue weighted by molar-refractivity contribution is 5.71. The lowest BCUT2D eigenvalue weighted by Crippen LogP contribution is -2.26. The van der Waals surface area contributed by atoms with Gasteiger partial charge in [-0.1, -0.05) is 31.2 Å². The fourth-order valence-electron chi connectivity index (χ4n) is 3.13. The van der Waals surface area contributed by atoms with Gasteiger partial charge in [0.05, 0.1) is 5.92 Å². The third-order valence-corrected chi connectivity index (χ3v) is 4.28. The number of rotatable bonds is 9. The molecule has 0 radical (unpaired) electrons. The lowest BCUT2D eigenvalue weighted by atomic mass is 9.81. The van der Waals surface area contributed by atoms with E-state index in [1.54, 1.807) is 6.07 Å². The number of halogens is 1. The average Bonchev–Trinajstić information content (AvgIpc) is 3.06. The van der Waals surface area contributed by atoms with Gasteiger partial charge in [0.25, 0.3) is 0 Å². The first-order valence-corrected chi connectivity index (χ1v) is 8.66. The van der Waals surface area contributed by atoms with Gasteiger partial charge in [-0.15, -0.1) is 10.2 Å². The molecular formula is C18H26FN5O2. The lowest BCUT2D eigenvalue weighted by Gasteiger charge is -2.23. The van der Waals surface area contributed by atoms with Crippen LogP contribution < -0.4 is 0 Å². The maximum Gasteiger partial charge on any atom is 0.307 e. The number of benzene rings is 1. The van der Waals surface area contributed by atoms with E-state index in [1.165, 1.54) is 6.07 Å². The minimum Gasteiger partial charge on any atom is -0.481 e. The van der Waals surface area contributed by atoms with Crippen molar-refractivity contribution < 1.29 is 14.3 Å². The van der Waals surface area contributed by atoms with Crippen LogP contribution in [0.5, 0.6) is 0 Å². The van der Waals surface area contributed by atoms with Crippen molar-refractivity contribution in [3.05, 3.63) is 41.0 Å². The number of carbonyl (C=O) groups is 1. The molecule has 1 aromatic carbocycles. The number of aliphatic carboxylic acids is 1. The number of tetrazole rings is 1. The Hall–Kier alpha value is -2.35. The Balaban J connectivity index is 2.30. The Kier molecular flexibility index (Phi) is 6.79. The number of nitrogens with zero attached hydrogens (tertiary/aromatic N) is 4. The molecule has 0 saturated heterocycles. The van der Waals surface area contributed by atoms with Crippen molar-refractivity contribution in [2.75, 3.05) is 14.1 Å². The summed E-state index contributed by atoms with van der Waals surface area (Å²) in [6.07, 6.45) is 0.818. The number of nitrogens with one attached hydrogen (secondary N) is 1. The summed E-state index contributed by atoms with van der Waals surface area (Å²) in [6.45, 7) is 4.45. The molecule has 2 rings (SSSR count). The van der Waals surface area contributed by atoms with Crippen LogP contribution in [0.25, 0.3) is 0 Å². The van der Waals surface area contributed by atoms with Crippen LogP contribution in [0.15, 0.2) is 18.2 Å². The first kappa shape index (κ1) is 20.0. The highest BCUT2D eigenvalue weighted by Gasteiger charge is 2.33. The van der Waals surface area contributed by atoms with Crippen molar-refractivity contribution in [1.29, 1.82) is 0 Å². The van der Waals surface area contributed by atoms with Crippen LogP contribution in [-0.2, 0) is 17.8 Å². The summed E-state index contributed by atoms with van der Waals surface area (Å²) >= 11 is 0. The van der Waals surface area contributed by atoms with Gasteiger partial charge in [-0.25, -0.2) is 4.39 Å². The molecule has 0 saturated carbocycles. The fourth-order valence-corrected chi connectivity index (χ4v) is 3.13. The van der Waals surface area contributed by atoms with Crippen LogP contribution in [0.3, 0.4) is 0 Å². The number of aromatic nitrogens is 4. The summed E-state index contributed by atoms with van der Waals surface area (Å²) in [5.41, 5.74) is 1.32. The molecule has 2 atom stereocenters. The Morgan fingerprint density at radius 2 is 2.08 bits per heavy atom. The van der Waals surface area contributed by atoms with Crippen molar-refractivity contribution in [3.8, 4) is 0 Å². The molecule has 8 heteroatoms. The highest BCUT2D eigenvalue weighted by atomic mass is 19.1. The van der Waals surface area contributed by atoms with Crippen molar-refractivity contribution in [2.24, 2.45) is 11.8 Å². The number of aromatic amines is 1. The third-order valence-electron chi connectivity index (χ3n) is 4.28. The fraction of sp³-hybridized carbons (Fsp3) is 0.556. The van der Waals surface area contributed by atoms with Crippen LogP contribution >= 0.6 is 0 Å². The predicted octanol–water partition coefficient (Wildman–Crippen LogP) is 2.47. The smallest absolute Gasteiger partial charge is 0.307 e. The molecule has 26 heavy (non-hydrogen) atoms. The molecule has 0 spiro atoms. The molecule has 1 heterocycles. The van der Waals surface area contributed by atoms with Crippen molar-refractivity contribution >= 4 is 5.97 Å². The number of carboxylic acid groups (broad SMARTS) is 1. The average molecular weight is 363 g/mol. The first-order chi connectivity index (χ1) is 12.3. The second-order valence-electron chi connectivity index (χ2n) is 7.32. The van der Waals surface area contributed by atoms with Crippen molar-refractivity contribution in [2.45, 2.75) is 39.2 Å². The Morgan fingerprint density at radius 1 is 1.35 bits per heavy atom. The van der Waals surface area contributed by atoms with E-state index in [9.17, 15) is 14.3 Å². The molecule has 0 aliphatic carbocycles. The van der Waals surface area contributed by atoms with Crippen LogP contribution in [0, 0.1) is 17.7 Å². The molecule has 2 N–H and O–H groups in total. The van der Waals surface area contributed by atoms with Gasteiger partial charge in [-0.3, -0.25) is 4.79 Å². The van der Waals surface area contributed by atoms with Crippen LogP contribution in [0.2, 0.25) is 0 Å². The van der Waals surface area contributed by atoms with E-state index in [-0.39, 0.29) is 11.7 Å². The number of carboxylic acids is 1. The number of hydrogen-bond acceptors (Lipinski definition) is 5. The van der Waals surface area contributed by atoms with E-state index in [0.717, 1.165) is 5.56 Å². The predicted molar refractivity (Wildman–Crippen MR) is 95.0 cm³/mol. The van der Waals surface area contributed by atoms with Gasteiger partial charge in [0, 0.05) is 18.0 Å². The number of H-pyrrole nitrogens is 1. The van der Waals surface area contributed by atoms with E-state index in [1.807, 2.05) is 38.9 Å². The van der Waals surface area contributed by atoms with Gasteiger partial charge in [0.1, 0.15) is 5.82 Å². The molecule has 0 bridgehead atoms. The van der Waals surface area contributed by atoms with Gasteiger partial charge in [0.2, 0.25) is 0 Å². The van der Waals surface area contributed by atoms with Crippen LogP contribution in [-0.4, -0.2) is 50.7 Å². The number of hydrogen-bond donors (Lipinski definition) is 2. The Morgan fingerprint density at radius 3 is 2.58 bits per heavy atom. The van der Waals surface area contributed by atoms with Gasteiger partial charge < -0.3 is 10.0 Å². The zero-order valence-electron chi connectivity index (χ0n) is 15.6. The minimum atomic E-state index is -0.904. The molecule has 0 fully saturated rings. The molecule has 0 unspecified atom stereocenters. The minimum absolute atomic E-state index is 0.199. The van der Waals surface area contributed by atoms with Gasteiger partial charge in [0.15, 0.2) is 5.82 Å². The summed E-state index contributed by atoms with van der Waals surface area (Å²) in [6, 6.07) is 5.06. The third kappa shape index (κ3) is 5.32. The SMILES string of the molecule is CC(C)C[C@H](C(=O)O)[C@H](Cc1ccc(CN(C)C)c(F)c1)c1nn[nH]n1. The summed E-state index contributed by atoms with van der Waals surface area (Å²) in [5.74, 6) is -1.80. The molecule has 142 valence electrons. The topological polar surface area (TPSA) is 95.0 Å². The maximum atomic E-state index is 14.4. The molecule has 0 amide bonds. The highest BCUT2D eigenvalue weighted by Crippen LogP contribution is 2.31. The Bertz CT molecular complexity index is 718. The molecule has 1 aromatic heterocycles. The largest absolute Gasteiger partial charge is 0.481 e. The summed E-state index contributed by atoms with van der Waals surface area (Å²) in [7, 11) is 3.76. The van der Waals surface area contributed by atoms with E-state index in [0.29, 0.717) is 30.8 Å². The second-order valence-corrected chi connectivity index (χ2v) is 7.32. The molecular weight excluding hydrogens is 337 g/mol. The zero-order valence-corrected chi connectivity index (χ0v) is 15.6. The summed E-state index contributed by atoms with van der Waals surface area (Å²) < 4.78 is 14.4. The Labute approximate surface area is 152 Å². The summed E-state index contributed by atoms with van der Waals surface area (Å²) in [4.78, 5) is 13.7. The first-order valence-electron chi connectivity index (χ1n) is 8.66. The molecule has 0 aliphatic rings. The van der Waals surface area contributed by atoms with E-state index >= 15 is 0 Å². The zero-order chi connectivity index (χ0) is 19.3. The van der Waals surface area contributed by atoms with E-state index in [2.05, 4.69) is 20.6 Å². The van der Waals surface area contributed by atoms with Crippen molar-refractivity contribution in [1.82, 2.24) is 25.5 Å². The maximum absolute atomic E-state index is 14.4. The molecule has 2 aromatic rings.